The van der Waals surface area contributed by atoms with Crippen molar-refractivity contribution in [3.63, 3.8) is 0 Å². The van der Waals surface area contributed by atoms with Crippen molar-refractivity contribution in [2.24, 2.45) is 10.9 Å². The molecule has 0 spiro atoms. The first-order chi connectivity index (χ1) is 8.97. The minimum atomic E-state index is 0.191. The quantitative estimate of drug-likeness (QED) is 0.675. The van der Waals surface area contributed by atoms with Crippen LogP contribution in [0.1, 0.15) is 51.2 Å². The molecule has 0 aromatic heterocycles. The number of hydrogen-bond acceptors (Lipinski definition) is 2. The molecule has 0 saturated carbocycles. The zero-order valence-corrected chi connectivity index (χ0v) is 12.8. The molecule has 19 heavy (non-hydrogen) atoms. The fourth-order valence-electron chi connectivity index (χ4n) is 2.28. The average Bonchev–Trinajstić information content (AvgIpc) is 2.34. The number of nitrogens with zero attached hydrogens (tertiary/aromatic N) is 1. The van der Waals surface area contributed by atoms with Crippen molar-refractivity contribution in [1.29, 1.82) is 0 Å². The van der Waals surface area contributed by atoms with Crippen molar-refractivity contribution in [2.75, 3.05) is 0 Å². The van der Waals surface area contributed by atoms with Crippen LogP contribution in [0.3, 0.4) is 0 Å². The van der Waals surface area contributed by atoms with Gasteiger partial charge in [0, 0.05) is 12.1 Å². The number of benzene rings is 1. The van der Waals surface area contributed by atoms with E-state index in [1.54, 1.807) is 6.92 Å². The molecule has 1 aromatic rings. The maximum atomic E-state index is 11.5. The van der Waals surface area contributed by atoms with Crippen LogP contribution < -0.4 is 0 Å². The van der Waals surface area contributed by atoms with Gasteiger partial charge >= 0.3 is 0 Å². The van der Waals surface area contributed by atoms with E-state index in [9.17, 15) is 4.79 Å². The van der Waals surface area contributed by atoms with Gasteiger partial charge in [0.15, 0.2) is 0 Å². The Kier molecular flexibility index (Phi) is 5.94. The van der Waals surface area contributed by atoms with Crippen LogP contribution in [0.5, 0.6) is 0 Å². The SMILES string of the molecule is CCC(CC)C(CC(C)=O)=Nc1cc(C)ccc1C. The van der Waals surface area contributed by atoms with E-state index in [-0.39, 0.29) is 5.78 Å². The molecule has 1 rings (SSSR count). The monoisotopic (exact) mass is 259 g/mol. The summed E-state index contributed by atoms with van der Waals surface area (Å²) >= 11 is 0. The Morgan fingerprint density at radius 2 is 1.84 bits per heavy atom. The summed E-state index contributed by atoms with van der Waals surface area (Å²) in [6.07, 6.45) is 2.54. The summed E-state index contributed by atoms with van der Waals surface area (Å²) in [7, 11) is 0. The van der Waals surface area contributed by atoms with Crippen LogP contribution in [0.4, 0.5) is 5.69 Å². The third-order valence-corrected chi connectivity index (χ3v) is 3.52. The lowest BCUT2D eigenvalue weighted by Crippen LogP contribution is -2.16. The highest BCUT2D eigenvalue weighted by molar-refractivity contribution is 6.03. The summed E-state index contributed by atoms with van der Waals surface area (Å²) in [6.45, 7) is 10.1. The molecule has 0 amide bonds. The lowest BCUT2D eigenvalue weighted by Gasteiger charge is -2.16. The number of aliphatic imine (C=N–C) groups is 1. The van der Waals surface area contributed by atoms with Gasteiger partial charge in [-0.05, 0) is 56.7 Å². The first-order valence-electron chi connectivity index (χ1n) is 7.12. The number of rotatable bonds is 6. The summed E-state index contributed by atoms with van der Waals surface area (Å²) in [5.41, 5.74) is 4.41. The third kappa shape index (κ3) is 4.62. The van der Waals surface area contributed by atoms with Crippen LogP contribution in [0, 0.1) is 19.8 Å². The molecule has 0 N–H and O–H groups in total. The molecule has 0 heterocycles. The van der Waals surface area contributed by atoms with Crippen LogP contribution >= 0.6 is 0 Å². The summed E-state index contributed by atoms with van der Waals surface area (Å²) in [6, 6.07) is 6.28. The average molecular weight is 259 g/mol. The smallest absolute Gasteiger partial charge is 0.135 e. The van der Waals surface area contributed by atoms with Gasteiger partial charge in [0.05, 0.1) is 5.69 Å². The molecule has 0 fully saturated rings. The number of carbonyl (C=O) groups is 1. The van der Waals surface area contributed by atoms with Gasteiger partial charge in [-0.2, -0.15) is 0 Å². The fraction of sp³-hybridized carbons (Fsp3) is 0.529. The first kappa shape index (κ1) is 15.6. The van der Waals surface area contributed by atoms with Crippen molar-refractivity contribution >= 4 is 17.2 Å². The molecule has 0 unspecified atom stereocenters. The minimum Gasteiger partial charge on any atom is -0.300 e. The second-order valence-electron chi connectivity index (χ2n) is 5.29. The molecule has 104 valence electrons. The number of hydrogen-bond donors (Lipinski definition) is 0. The summed E-state index contributed by atoms with van der Waals surface area (Å²) in [4.78, 5) is 16.2. The molecule has 0 atom stereocenters. The Bertz CT molecular complexity index is 470. The molecule has 0 saturated heterocycles. The second kappa shape index (κ2) is 7.22. The lowest BCUT2D eigenvalue weighted by molar-refractivity contribution is -0.115. The molecular weight excluding hydrogens is 234 g/mol. The highest BCUT2D eigenvalue weighted by atomic mass is 16.1. The Hall–Kier alpha value is -1.44. The Labute approximate surface area is 117 Å². The normalized spacial score (nSPS) is 12.0. The Balaban J connectivity index is 3.17. The van der Waals surface area contributed by atoms with Crippen LogP contribution in [-0.2, 0) is 4.79 Å². The summed E-state index contributed by atoms with van der Waals surface area (Å²) < 4.78 is 0. The predicted molar refractivity (Wildman–Crippen MR) is 82.4 cm³/mol. The molecule has 0 aliphatic rings. The third-order valence-electron chi connectivity index (χ3n) is 3.52. The van der Waals surface area contributed by atoms with Crippen molar-refractivity contribution in [1.82, 2.24) is 0 Å². The highest BCUT2D eigenvalue weighted by Gasteiger charge is 2.14. The van der Waals surface area contributed by atoms with E-state index in [0.717, 1.165) is 29.8 Å². The maximum Gasteiger partial charge on any atom is 0.135 e. The molecule has 0 bridgehead atoms. The van der Waals surface area contributed by atoms with Gasteiger partial charge < -0.3 is 0 Å². The highest BCUT2D eigenvalue weighted by Crippen LogP contribution is 2.23. The van der Waals surface area contributed by atoms with Crippen molar-refractivity contribution in [3.05, 3.63) is 29.3 Å². The minimum absolute atomic E-state index is 0.191. The molecule has 2 nitrogen and oxygen atoms in total. The van der Waals surface area contributed by atoms with Gasteiger partial charge in [0.1, 0.15) is 5.78 Å². The maximum absolute atomic E-state index is 11.5. The van der Waals surface area contributed by atoms with Gasteiger partial charge in [-0.1, -0.05) is 26.0 Å². The van der Waals surface area contributed by atoms with Gasteiger partial charge in [-0.25, -0.2) is 0 Å². The number of aryl methyl sites for hydroxylation is 2. The van der Waals surface area contributed by atoms with E-state index in [0.29, 0.717) is 12.3 Å². The first-order valence-corrected chi connectivity index (χ1v) is 7.12. The van der Waals surface area contributed by atoms with Crippen LogP contribution in [-0.4, -0.2) is 11.5 Å². The molecule has 0 aliphatic carbocycles. The van der Waals surface area contributed by atoms with Crippen LogP contribution in [0.2, 0.25) is 0 Å². The van der Waals surface area contributed by atoms with Gasteiger partial charge in [-0.15, -0.1) is 0 Å². The standard InChI is InChI=1S/C17H25NO/c1-6-15(7-2)17(11-14(5)19)18-16-10-12(3)8-9-13(16)4/h8-10,15H,6-7,11H2,1-5H3. The summed E-state index contributed by atoms with van der Waals surface area (Å²) in [5.74, 6) is 0.597. The molecule has 0 radical (unpaired) electrons. The van der Waals surface area contributed by atoms with Crippen LogP contribution in [0.25, 0.3) is 0 Å². The molecular formula is C17H25NO. The van der Waals surface area contributed by atoms with Crippen molar-refractivity contribution < 1.29 is 4.79 Å². The zero-order valence-electron chi connectivity index (χ0n) is 12.8. The van der Waals surface area contributed by atoms with Gasteiger partial charge in [0.2, 0.25) is 0 Å². The van der Waals surface area contributed by atoms with E-state index in [1.165, 1.54) is 5.56 Å². The molecule has 1 aromatic carbocycles. The molecule has 2 heteroatoms. The van der Waals surface area contributed by atoms with Gasteiger partial charge in [0.25, 0.3) is 0 Å². The van der Waals surface area contributed by atoms with Gasteiger partial charge in [-0.3, -0.25) is 9.79 Å². The van der Waals surface area contributed by atoms with Crippen molar-refractivity contribution in [3.8, 4) is 0 Å². The van der Waals surface area contributed by atoms with E-state index >= 15 is 0 Å². The lowest BCUT2D eigenvalue weighted by atomic mass is 9.93. The van der Waals surface area contributed by atoms with E-state index < -0.39 is 0 Å². The second-order valence-corrected chi connectivity index (χ2v) is 5.29. The van der Waals surface area contributed by atoms with E-state index in [4.69, 9.17) is 4.99 Å². The Morgan fingerprint density at radius 3 is 2.37 bits per heavy atom. The fourth-order valence-corrected chi connectivity index (χ4v) is 2.28. The summed E-state index contributed by atoms with van der Waals surface area (Å²) in [5, 5.41) is 0. The van der Waals surface area contributed by atoms with E-state index in [1.807, 2.05) is 0 Å². The number of Topliss-reactive ketones (excluding diaryl/α,β-unsaturated/α-hetero) is 1. The number of carbonyl (C=O) groups excluding carboxylic acids is 1. The largest absolute Gasteiger partial charge is 0.300 e. The van der Waals surface area contributed by atoms with Crippen molar-refractivity contribution in [2.45, 2.75) is 53.9 Å². The van der Waals surface area contributed by atoms with Crippen LogP contribution in [0.15, 0.2) is 23.2 Å². The zero-order chi connectivity index (χ0) is 14.4. The topological polar surface area (TPSA) is 29.4 Å². The number of ketones is 1. The predicted octanol–water partition coefficient (Wildman–Crippen LogP) is 4.79. The van der Waals surface area contributed by atoms with E-state index in [2.05, 4.69) is 45.9 Å². The Morgan fingerprint density at radius 1 is 1.21 bits per heavy atom. The molecule has 0 aliphatic heterocycles.